The number of hydrogen-bond donors (Lipinski definition) is 0. The maximum Gasteiger partial charge on any atom is 0.387 e. The van der Waals surface area contributed by atoms with Gasteiger partial charge in [0.15, 0.2) is 0 Å². The van der Waals surface area contributed by atoms with Gasteiger partial charge < -0.3 is 4.74 Å². The Kier molecular flexibility index (Phi) is 5.29. The summed E-state index contributed by atoms with van der Waals surface area (Å²) in [6.45, 7) is -0.662. The van der Waals surface area contributed by atoms with Gasteiger partial charge in [-0.15, -0.1) is 0 Å². The van der Waals surface area contributed by atoms with Gasteiger partial charge in [0.25, 0.3) is 0 Å². The van der Waals surface area contributed by atoms with E-state index in [0.29, 0.717) is 11.8 Å². The first-order valence-corrected chi connectivity index (χ1v) is 9.94. The summed E-state index contributed by atoms with van der Waals surface area (Å²) in [5.41, 5.74) is 7.42. The largest absolute Gasteiger partial charge is 0.435 e. The van der Waals surface area contributed by atoms with E-state index >= 15 is 0 Å². The van der Waals surface area contributed by atoms with Crippen LogP contribution < -0.4 is 4.74 Å². The van der Waals surface area contributed by atoms with Gasteiger partial charge in [0.2, 0.25) is 0 Å². The van der Waals surface area contributed by atoms with E-state index in [2.05, 4.69) is 35.9 Å². The third kappa shape index (κ3) is 3.92. The van der Waals surface area contributed by atoms with Crippen molar-refractivity contribution in [3.8, 4) is 5.75 Å². The van der Waals surface area contributed by atoms with Crippen molar-refractivity contribution in [2.24, 2.45) is 5.92 Å². The van der Waals surface area contributed by atoms with Crippen LogP contribution in [0.1, 0.15) is 53.5 Å². The summed E-state index contributed by atoms with van der Waals surface area (Å²) in [5, 5.41) is 0. The first-order valence-electron chi connectivity index (χ1n) is 9.94. The molecule has 0 radical (unpaired) electrons. The highest BCUT2D eigenvalue weighted by molar-refractivity contribution is 5.46. The summed E-state index contributed by atoms with van der Waals surface area (Å²) in [4.78, 5) is 0. The zero-order valence-electron chi connectivity index (χ0n) is 15.8. The normalized spacial score (nSPS) is 21.9. The number of ether oxygens (including phenoxy) is 1. The summed E-state index contributed by atoms with van der Waals surface area (Å²) in [6, 6.07) is 11.9. The highest BCUT2D eigenvalue weighted by Crippen LogP contribution is 2.38. The van der Waals surface area contributed by atoms with E-state index in [1.807, 2.05) is 12.1 Å². The lowest BCUT2D eigenvalue weighted by Crippen LogP contribution is -2.20. The van der Waals surface area contributed by atoms with Crippen molar-refractivity contribution >= 4 is 0 Å². The summed E-state index contributed by atoms with van der Waals surface area (Å²) in [7, 11) is 0. The molecule has 0 saturated heterocycles. The monoisotopic (exact) mass is 368 g/mol. The van der Waals surface area contributed by atoms with E-state index in [0.717, 1.165) is 19.3 Å². The molecule has 0 heterocycles. The second-order valence-electron chi connectivity index (χ2n) is 7.76. The Balaban J connectivity index is 1.51. The minimum Gasteiger partial charge on any atom is -0.435 e. The molecule has 27 heavy (non-hydrogen) atoms. The molecule has 2 atom stereocenters. The zero-order valence-corrected chi connectivity index (χ0v) is 15.8. The standard InChI is InChI=1S/C24H26F2O/c1-2-3-16-4-12-22-19(14-16)5-6-20-15-18(9-13-23(20)22)17-7-10-21(11-8-17)27-24(25)26/h2-3,5-8,10-11,16,18,24H,4,9,12-15H2,1H3/b3-2+. The molecule has 2 aliphatic rings. The third-order valence-corrected chi connectivity index (χ3v) is 6.12. The maximum atomic E-state index is 12.3. The molecular formula is C24H26F2O. The Bertz CT molecular complexity index is 823. The number of alkyl halides is 2. The van der Waals surface area contributed by atoms with Crippen LogP contribution in [0.25, 0.3) is 0 Å². The lowest BCUT2D eigenvalue weighted by molar-refractivity contribution is -0.0498. The second kappa shape index (κ2) is 7.84. The molecule has 142 valence electrons. The average molecular weight is 368 g/mol. The van der Waals surface area contributed by atoms with Crippen molar-refractivity contribution in [1.29, 1.82) is 0 Å². The Labute approximate surface area is 160 Å². The Morgan fingerprint density at radius 1 is 0.926 bits per heavy atom. The Morgan fingerprint density at radius 2 is 1.59 bits per heavy atom. The van der Waals surface area contributed by atoms with Crippen LogP contribution in [0.15, 0.2) is 48.6 Å². The van der Waals surface area contributed by atoms with Crippen LogP contribution in [0.4, 0.5) is 8.78 Å². The van der Waals surface area contributed by atoms with Crippen LogP contribution in [-0.2, 0) is 25.7 Å². The molecule has 1 nitrogen and oxygen atoms in total. The van der Waals surface area contributed by atoms with E-state index in [1.165, 1.54) is 36.0 Å². The molecule has 2 unspecified atom stereocenters. The maximum absolute atomic E-state index is 12.3. The topological polar surface area (TPSA) is 9.23 Å². The SMILES string of the molecule is C/C=C/C1CCc2c(ccc3c2CCC(c2ccc(OC(F)F)cc2)C3)C1. The molecule has 0 aromatic heterocycles. The van der Waals surface area contributed by atoms with Crippen LogP contribution in [-0.4, -0.2) is 6.61 Å². The van der Waals surface area contributed by atoms with Gasteiger partial charge in [-0.1, -0.05) is 36.4 Å². The lowest BCUT2D eigenvalue weighted by atomic mass is 9.74. The predicted molar refractivity (Wildman–Crippen MR) is 105 cm³/mol. The summed E-state index contributed by atoms with van der Waals surface area (Å²) in [6.07, 6.45) is 11.4. The van der Waals surface area contributed by atoms with Gasteiger partial charge in [-0.25, -0.2) is 0 Å². The van der Waals surface area contributed by atoms with Gasteiger partial charge in [0.1, 0.15) is 5.75 Å². The fourth-order valence-corrected chi connectivity index (χ4v) is 4.84. The van der Waals surface area contributed by atoms with Crippen LogP contribution in [0.3, 0.4) is 0 Å². The fraction of sp³-hybridized carbons (Fsp3) is 0.417. The minimum absolute atomic E-state index is 0.231. The number of fused-ring (bicyclic) bond motifs is 3. The predicted octanol–water partition coefficient (Wildman–Crippen LogP) is 6.24. The number of halogens is 2. The number of rotatable bonds is 4. The first kappa shape index (κ1) is 18.2. The molecule has 2 aliphatic carbocycles. The number of hydrogen-bond acceptors (Lipinski definition) is 1. The molecular weight excluding hydrogens is 342 g/mol. The summed E-state index contributed by atoms with van der Waals surface area (Å²) in [5.74, 6) is 1.37. The highest BCUT2D eigenvalue weighted by atomic mass is 19.3. The zero-order chi connectivity index (χ0) is 18.8. The molecule has 2 aromatic rings. The van der Waals surface area contributed by atoms with Gasteiger partial charge >= 0.3 is 6.61 Å². The molecule has 2 aromatic carbocycles. The van der Waals surface area contributed by atoms with Crippen molar-refractivity contribution in [1.82, 2.24) is 0 Å². The van der Waals surface area contributed by atoms with E-state index in [1.54, 1.807) is 23.3 Å². The van der Waals surface area contributed by atoms with Crippen LogP contribution >= 0.6 is 0 Å². The lowest BCUT2D eigenvalue weighted by Gasteiger charge is -2.31. The molecule has 0 fully saturated rings. The fourth-order valence-electron chi connectivity index (χ4n) is 4.84. The van der Waals surface area contributed by atoms with Crippen LogP contribution in [0.5, 0.6) is 5.75 Å². The van der Waals surface area contributed by atoms with Gasteiger partial charge in [0, 0.05) is 0 Å². The highest BCUT2D eigenvalue weighted by Gasteiger charge is 2.26. The van der Waals surface area contributed by atoms with Crippen molar-refractivity contribution < 1.29 is 13.5 Å². The molecule has 0 amide bonds. The molecule has 0 spiro atoms. The Hall–Kier alpha value is -2.16. The molecule has 0 saturated carbocycles. The quantitative estimate of drug-likeness (QED) is 0.580. The number of benzene rings is 2. The minimum atomic E-state index is -2.77. The molecule has 0 aliphatic heterocycles. The van der Waals surface area contributed by atoms with Crippen molar-refractivity contribution in [2.45, 2.75) is 58.0 Å². The smallest absolute Gasteiger partial charge is 0.387 e. The molecule has 0 bridgehead atoms. The average Bonchev–Trinajstić information content (AvgIpc) is 2.67. The van der Waals surface area contributed by atoms with Gasteiger partial charge in [-0.3, -0.25) is 0 Å². The van der Waals surface area contributed by atoms with Crippen molar-refractivity contribution in [2.75, 3.05) is 0 Å². The molecule has 3 heteroatoms. The van der Waals surface area contributed by atoms with E-state index < -0.39 is 6.61 Å². The number of allylic oxidation sites excluding steroid dienone is 2. The van der Waals surface area contributed by atoms with Crippen LogP contribution in [0.2, 0.25) is 0 Å². The van der Waals surface area contributed by atoms with Gasteiger partial charge in [-0.05, 0) is 97.2 Å². The molecule has 4 rings (SSSR count). The van der Waals surface area contributed by atoms with Gasteiger partial charge in [0.05, 0.1) is 0 Å². The Morgan fingerprint density at radius 3 is 2.26 bits per heavy atom. The first-order chi connectivity index (χ1) is 13.1. The van der Waals surface area contributed by atoms with Crippen LogP contribution in [0, 0.1) is 5.92 Å². The van der Waals surface area contributed by atoms with E-state index in [4.69, 9.17) is 0 Å². The second-order valence-corrected chi connectivity index (χ2v) is 7.76. The van der Waals surface area contributed by atoms with Crippen molar-refractivity contribution in [3.05, 3.63) is 76.4 Å². The summed E-state index contributed by atoms with van der Waals surface area (Å²) >= 11 is 0. The van der Waals surface area contributed by atoms with Crippen molar-refractivity contribution in [3.63, 3.8) is 0 Å². The van der Waals surface area contributed by atoms with E-state index in [9.17, 15) is 8.78 Å². The summed E-state index contributed by atoms with van der Waals surface area (Å²) < 4.78 is 29.1. The van der Waals surface area contributed by atoms with Gasteiger partial charge in [-0.2, -0.15) is 8.78 Å². The van der Waals surface area contributed by atoms with E-state index in [-0.39, 0.29) is 5.75 Å². The third-order valence-electron chi connectivity index (χ3n) is 6.12. The molecule has 0 N–H and O–H groups in total.